The maximum absolute atomic E-state index is 12.1. The standard InChI is InChI=1S/C18H20ClN2OS.ClH/c1-13(2)11-21-17(22)12-23-18(21)14-7-9-20(10-8-14)16-5-3-15(19)4-6-16;/h3-10,13,18H,11-12H2,1-2H3;1H/q+1;/p-1. The highest BCUT2D eigenvalue weighted by molar-refractivity contribution is 8.00. The van der Waals surface area contributed by atoms with Crippen LogP contribution in [-0.4, -0.2) is 23.1 Å². The van der Waals surface area contributed by atoms with Crippen LogP contribution in [0.1, 0.15) is 24.8 Å². The molecule has 1 unspecified atom stereocenters. The Morgan fingerprint density at radius 1 is 1.21 bits per heavy atom. The summed E-state index contributed by atoms with van der Waals surface area (Å²) in [5.41, 5.74) is 2.24. The number of rotatable bonds is 4. The minimum atomic E-state index is 0. The van der Waals surface area contributed by atoms with Gasteiger partial charge in [0.2, 0.25) is 11.6 Å². The van der Waals surface area contributed by atoms with E-state index >= 15 is 0 Å². The van der Waals surface area contributed by atoms with Crippen LogP contribution in [0.2, 0.25) is 5.02 Å². The van der Waals surface area contributed by atoms with Crippen molar-refractivity contribution in [3.63, 3.8) is 0 Å². The van der Waals surface area contributed by atoms with Crippen LogP contribution in [-0.2, 0) is 4.79 Å². The Balaban J connectivity index is 0.00000208. The molecule has 1 aliphatic rings. The van der Waals surface area contributed by atoms with Gasteiger partial charge in [0, 0.05) is 35.8 Å². The number of benzene rings is 1. The molecule has 1 fully saturated rings. The van der Waals surface area contributed by atoms with E-state index in [1.807, 2.05) is 46.1 Å². The zero-order valence-corrected chi connectivity index (χ0v) is 16.0. The lowest BCUT2D eigenvalue weighted by molar-refractivity contribution is -0.595. The molecule has 1 amide bonds. The Hall–Kier alpha value is -1.23. The normalized spacial score (nSPS) is 17.2. The van der Waals surface area contributed by atoms with Crippen molar-refractivity contribution >= 4 is 29.3 Å². The van der Waals surface area contributed by atoms with Gasteiger partial charge in [-0.3, -0.25) is 4.79 Å². The molecule has 0 N–H and O–H groups in total. The molecule has 0 bridgehead atoms. The summed E-state index contributed by atoms with van der Waals surface area (Å²) in [5, 5.41) is 0.862. The molecule has 1 saturated heterocycles. The number of halogens is 2. The van der Waals surface area contributed by atoms with Gasteiger partial charge in [-0.2, -0.15) is 4.57 Å². The number of pyridine rings is 1. The minimum Gasteiger partial charge on any atom is -1.00 e. The van der Waals surface area contributed by atoms with Crippen molar-refractivity contribution in [2.45, 2.75) is 19.2 Å². The number of thioether (sulfide) groups is 1. The Morgan fingerprint density at radius 3 is 2.42 bits per heavy atom. The molecule has 24 heavy (non-hydrogen) atoms. The summed E-state index contributed by atoms with van der Waals surface area (Å²) in [6, 6.07) is 11.9. The molecule has 2 heterocycles. The molecule has 2 aromatic rings. The van der Waals surface area contributed by atoms with Crippen molar-refractivity contribution in [3.05, 3.63) is 59.4 Å². The first kappa shape index (κ1) is 19.1. The molecule has 0 radical (unpaired) electrons. The zero-order valence-electron chi connectivity index (χ0n) is 13.7. The molecule has 128 valence electrons. The summed E-state index contributed by atoms with van der Waals surface area (Å²) in [6.07, 6.45) is 4.07. The second-order valence-electron chi connectivity index (χ2n) is 6.12. The molecule has 1 aliphatic heterocycles. The van der Waals surface area contributed by atoms with Crippen LogP contribution in [0.4, 0.5) is 0 Å². The Bertz CT molecular complexity index is 689. The minimum absolute atomic E-state index is 0. The molecular formula is C18H20Cl2N2OS. The van der Waals surface area contributed by atoms with E-state index in [1.165, 1.54) is 5.56 Å². The SMILES string of the molecule is CC(C)CN1C(=O)CSC1c1cc[n+](-c2ccc(Cl)cc2)cc1.[Cl-]. The van der Waals surface area contributed by atoms with Crippen molar-refractivity contribution < 1.29 is 21.8 Å². The van der Waals surface area contributed by atoms with E-state index in [0.29, 0.717) is 11.7 Å². The van der Waals surface area contributed by atoms with E-state index in [4.69, 9.17) is 11.6 Å². The predicted molar refractivity (Wildman–Crippen MR) is 94.7 cm³/mol. The van der Waals surface area contributed by atoms with Crippen molar-refractivity contribution in [1.29, 1.82) is 0 Å². The van der Waals surface area contributed by atoms with Crippen LogP contribution in [0.5, 0.6) is 0 Å². The van der Waals surface area contributed by atoms with Crippen molar-refractivity contribution in [2.24, 2.45) is 5.92 Å². The van der Waals surface area contributed by atoms with E-state index in [-0.39, 0.29) is 23.7 Å². The van der Waals surface area contributed by atoms with Crippen LogP contribution < -0.4 is 17.0 Å². The number of carbonyl (C=O) groups excluding carboxylic acids is 1. The second kappa shape index (κ2) is 8.24. The van der Waals surface area contributed by atoms with Crippen molar-refractivity contribution in [2.75, 3.05) is 12.3 Å². The maximum Gasteiger partial charge on any atom is 0.233 e. The molecule has 0 spiro atoms. The summed E-state index contributed by atoms with van der Waals surface area (Å²) in [6.45, 7) is 5.10. The molecule has 1 aromatic carbocycles. The van der Waals surface area contributed by atoms with Gasteiger partial charge in [0.05, 0.1) is 5.75 Å². The third-order valence-corrected chi connectivity index (χ3v) is 5.30. The molecule has 6 heteroatoms. The van der Waals surface area contributed by atoms with Gasteiger partial charge in [0.1, 0.15) is 5.37 Å². The molecule has 1 aromatic heterocycles. The van der Waals surface area contributed by atoms with Gasteiger partial charge in [-0.25, -0.2) is 0 Å². The van der Waals surface area contributed by atoms with Crippen LogP contribution in [0, 0.1) is 5.92 Å². The Morgan fingerprint density at radius 2 is 1.83 bits per heavy atom. The maximum atomic E-state index is 12.1. The highest BCUT2D eigenvalue weighted by atomic mass is 35.5. The summed E-state index contributed by atoms with van der Waals surface area (Å²) in [5.74, 6) is 1.29. The fourth-order valence-corrected chi connectivity index (χ4v) is 4.03. The highest BCUT2D eigenvalue weighted by Crippen LogP contribution is 2.38. The summed E-state index contributed by atoms with van der Waals surface area (Å²) < 4.78 is 2.05. The van der Waals surface area contributed by atoms with Gasteiger partial charge >= 0.3 is 0 Å². The highest BCUT2D eigenvalue weighted by Gasteiger charge is 2.33. The van der Waals surface area contributed by atoms with Gasteiger partial charge in [-0.1, -0.05) is 25.4 Å². The van der Waals surface area contributed by atoms with E-state index in [2.05, 4.69) is 26.0 Å². The van der Waals surface area contributed by atoms with Crippen LogP contribution in [0.3, 0.4) is 0 Å². The summed E-state index contributed by atoms with van der Waals surface area (Å²) in [7, 11) is 0. The largest absolute Gasteiger partial charge is 1.00 e. The number of amides is 1. The topological polar surface area (TPSA) is 24.2 Å². The Kier molecular flexibility index (Phi) is 6.55. The van der Waals surface area contributed by atoms with Crippen molar-refractivity contribution in [3.8, 4) is 5.69 Å². The van der Waals surface area contributed by atoms with E-state index in [0.717, 1.165) is 17.3 Å². The van der Waals surface area contributed by atoms with Gasteiger partial charge in [0.15, 0.2) is 12.4 Å². The predicted octanol–water partition coefficient (Wildman–Crippen LogP) is 0.851. The third-order valence-electron chi connectivity index (χ3n) is 3.80. The Labute approximate surface area is 158 Å². The van der Waals surface area contributed by atoms with Gasteiger partial charge in [-0.15, -0.1) is 11.8 Å². The van der Waals surface area contributed by atoms with Gasteiger partial charge in [0.25, 0.3) is 0 Å². The van der Waals surface area contributed by atoms with E-state index in [1.54, 1.807) is 11.8 Å². The first-order chi connectivity index (χ1) is 11.0. The van der Waals surface area contributed by atoms with Crippen molar-refractivity contribution in [1.82, 2.24) is 4.90 Å². The van der Waals surface area contributed by atoms with Gasteiger partial charge < -0.3 is 17.3 Å². The average molecular weight is 383 g/mol. The zero-order chi connectivity index (χ0) is 16.4. The molecular weight excluding hydrogens is 363 g/mol. The summed E-state index contributed by atoms with van der Waals surface area (Å²) >= 11 is 7.64. The van der Waals surface area contributed by atoms with E-state index < -0.39 is 0 Å². The van der Waals surface area contributed by atoms with E-state index in [9.17, 15) is 4.79 Å². The monoisotopic (exact) mass is 382 g/mol. The lowest BCUT2D eigenvalue weighted by Crippen LogP contribution is -3.00. The molecule has 3 nitrogen and oxygen atoms in total. The average Bonchev–Trinajstić information content (AvgIpc) is 2.89. The second-order valence-corrected chi connectivity index (χ2v) is 7.62. The van der Waals surface area contributed by atoms with Gasteiger partial charge in [-0.05, 0) is 23.6 Å². The number of nitrogens with zero attached hydrogens (tertiary/aromatic N) is 2. The van der Waals surface area contributed by atoms with Crippen LogP contribution in [0.25, 0.3) is 5.69 Å². The number of hydrogen-bond donors (Lipinski definition) is 0. The number of aromatic nitrogens is 1. The lowest BCUT2D eigenvalue weighted by Gasteiger charge is -2.25. The molecule has 3 rings (SSSR count). The molecule has 0 saturated carbocycles. The molecule has 1 atom stereocenters. The fourth-order valence-electron chi connectivity index (χ4n) is 2.71. The summed E-state index contributed by atoms with van der Waals surface area (Å²) in [4.78, 5) is 14.1. The number of carbonyl (C=O) groups is 1. The quantitative estimate of drug-likeness (QED) is 0.732. The third kappa shape index (κ3) is 4.24. The smallest absolute Gasteiger partial charge is 0.233 e. The fraction of sp³-hybridized carbons (Fsp3) is 0.333. The molecule has 0 aliphatic carbocycles. The first-order valence-electron chi connectivity index (χ1n) is 7.73. The van der Waals surface area contributed by atoms with Crippen LogP contribution in [0.15, 0.2) is 48.8 Å². The van der Waals surface area contributed by atoms with Crippen LogP contribution >= 0.6 is 23.4 Å². The first-order valence-corrected chi connectivity index (χ1v) is 9.15. The number of hydrogen-bond acceptors (Lipinski definition) is 2. The lowest BCUT2D eigenvalue weighted by atomic mass is 10.1.